The predicted octanol–water partition coefficient (Wildman–Crippen LogP) is 6.76. The molecule has 0 radical (unpaired) electrons. The van der Waals surface area contributed by atoms with Crippen molar-refractivity contribution in [2.75, 3.05) is 0 Å². The minimum atomic E-state index is 0.871. The van der Waals surface area contributed by atoms with E-state index in [2.05, 4.69) is 56.3 Å². The highest BCUT2D eigenvalue weighted by Gasteiger charge is 2.18. The lowest BCUT2D eigenvalue weighted by molar-refractivity contribution is 0.486. The number of fused-ring (bicyclic) bond motifs is 1. The minimum Gasteiger partial charge on any atom is -0.456 e. The fourth-order valence-corrected chi connectivity index (χ4v) is 3.31. The third kappa shape index (κ3) is 2.52. The largest absolute Gasteiger partial charge is 0.456 e. The van der Waals surface area contributed by atoms with Crippen molar-refractivity contribution in [3.05, 3.63) is 89.5 Å². The first-order chi connectivity index (χ1) is 11.7. The Labute approximate surface area is 142 Å². The van der Waals surface area contributed by atoms with Crippen molar-refractivity contribution in [2.24, 2.45) is 0 Å². The van der Waals surface area contributed by atoms with Crippen LogP contribution < -0.4 is 4.74 Å². The van der Waals surface area contributed by atoms with Crippen molar-refractivity contribution in [3.8, 4) is 11.5 Å². The molecule has 1 nitrogen and oxygen atoms in total. The van der Waals surface area contributed by atoms with Crippen LogP contribution in [-0.2, 0) is 0 Å². The molecule has 0 saturated carbocycles. The molecule has 118 valence electrons. The summed E-state index contributed by atoms with van der Waals surface area (Å²) in [6, 6.07) is 22.8. The zero-order valence-electron chi connectivity index (χ0n) is 14.0. The summed E-state index contributed by atoms with van der Waals surface area (Å²) in [5.41, 5.74) is 5.29. The molecular weight excluding hydrogens is 292 g/mol. The minimum absolute atomic E-state index is 0.871. The van der Waals surface area contributed by atoms with Gasteiger partial charge >= 0.3 is 0 Å². The van der Waals surface area contributed by atoms with Crippen LogP contribution in [0.25, 0.3) is 16.3 Å². The first kappa shape index (κ1) is 14.8. The monoisotopic (exact) mass is 312 g/mol. The summed E-state index contributed by atoms with van der Waals surface area (Å²) in [7, 11) is 0. The molecule has 0 unspecified atom stereocenters. The molecule has 0 saturated heterocycles. The van der Waals surface area contributed by atoms with E-state index in [0.29, 0.717) is 0 Å². The van der Waals surface area contributed by atoms with Gasteiger partial charge in [-0.25, -0.2) is 0 Å². The van der Waals surface area contributed by atoms with Gasteiger partial charge in [-0.3, -0.25) is 0 Å². The maximum Gasteiger partial charge on any atom is 0.142 e. The van der Waals surface area contributed by atoms with Gasteiger partial charge in [0.2, 0.25) is 0 Å². The zero-order valence-corrected chi connectivity index (χ0v) is 14.0. The van der Waals surface area contributed by atoms with Gasteiger partial charge in [0.25, 0.3) is 0 Å². The number of allylic oxidation sites excluding steroid dienone is 4. The summed E-state index contributed by atoms with van der Waals surface area (Å²) in [6.45, 7) is 4.39. The molecule has 0 bridgehead atoms. The third-order valence-electron chi connectivity index (χ3n) is 4.82. The van der Waals surface area contributed by atoms with Crippen molar-refractivity contribution in [1.82, 2.24) is 0 Å². The van der Waals surface area contributed by atoms with Crippen molar-refractivity contribution in [1.29, 1.82) is 0 Å². The summed E-state index contributed by atoms with van der Waals surface area (Å²) < 4.78 is 6.36. The second kappa shape index (κ2) is 6.01. The van der Waals surface area contributed by atoms with Gasteiger partial charge < -0.3 is 4.74 Å². The van der Waals surface area contributed by atoms with E-state index >= 15 is 0 Å². The highest BCUT2D eigenvalue weighted by atomic mass is 16.5. The Morgan fingerprint density at radius 1 is 0.792 bits per heavy atom. The molecule has 0 amide bonds. The number of hydrogen-bond acceptors (Lipinski definition) is 1. The SMILES string of the molecule is CC1=CCC(c2ccc3ccccc3c2Oc2ccccc2)=C1C. The Balaban J connectivity index is 1.92. The van der Waals surface area contributed by atoms with E-state index in [4.69, 9.17) is 4.74 Å². The van der Waals surface area contributed by atoms with Gasteiger partial charge in [0.05, 0.1) is 0 Å². The Bertz CT molecular complexity index is 962. The molecule has 0 N–H and O–H groups in total. The van der Waals surface area contributed by atoms with Crippen LogP contribution in [0.15, 0.2) is 84.0 Å². The standard InChI is InChI=1S/C23H20O/c1-16-12-14-20(17(16)2)22-15-13-18-8-6-7-11-21(18)23(22)24-19-9-4-3-5-10-19/h3-13,15H,14H2,1-2H3. The molecule has 1 aliphatic carbocycles. The smallest absolute Gasteiger partial charge is 0.142 e. The average molecular weight is 312 g/mol. The van der Waals surface area contributed by atoms with Gasteiger partial charge in [-0.15, -0.1) is 0 Å². The van der Waals surface area contributed by atoms with Crippen molar-refractivity contribution in [3.63, 3.8) is 0 Å². The lowest BCUT2D eigenvalue weighted by atomic mass is 9.96. The maximum absolute atomic E-state index is 6.36. The highest BCUT2D eigenvalue weighted by Crippen LogP contribution is 2.42. The van der Waals surface area contributed by atoms with Gasteiger partial charge in [-0.1, -0.05) is 66.2 Å². The molecule has 1 aliphatic rings. The number of rotatable bonds is 3. The Morgan fingerprint density at radius 3 is 2.29 bits per heavy atom. The summed E-state index contributed by atoms with van der Waals surface area (Å²) in [4.78, 5) is 0. The molecule has 3 aromatic rings. The topological polar surface area (TPSA) is 9.23 Å². The Morgan fingerprint density at radius 2 is 1.54 bits per heavy atom. The molecule has 1 heteroatoms. The first-order valence-corrected chi connectivity index (χ1v) is 8.36. The van der Waals surface area contributed by atoms with E-state index in [0.717, 1.165) is 23.3 Å². The molecule has 0 aliphatic heterocycles. The summed E-state index contributed by atoms with van der Waals surface area (Å²) in [6.07, 6.45) is 3.27. The van der Waals surface area contributed by atoms with Crippen LogP contribution in [0.2, 0.25) is 0 Å². The van der Waals surface area contributed by atoms with E-state index in [9.17, 15) is 0 Å². The molecule has 24 heavy (non-hydrogen) atoms. The van der Waals surface area contributed by atoms with E-state index in [1.807, 2.05) is 30.3 Å². The molecule has 0 spiro atoms. The van der Waals surface area contributed by atoms with Gasteiger partial charge in [0, 0.05) is 10.9 Å². The van der Waals surface area contributed by atoms with Crippen LogP contribution >= 0.6 is 0 Å². The zero-order chi connectivity index (χ0) is 16.5. The fourth-order valence-electron chi connectivity index (χ4n) is 3.31. The third-order valence-corrected chi connectivity index (χ3v) is 4.82. The molecule has 0 aromatic heterocycles. The number of ether oxygens (including phenoxy) is 1. The van der Waals surface area contributed by atoms with Crippen LogP contribution in [0.5, 0.6) is 11.5 Å². The van der Waals surface area contributed by atoms with Crippen LogP contribution in [0.1, 0.15) is 25.8 Å². The molecular formula is C23H20O. The van der Waals surface area contributed by atoms with Gasteiger partial charge in [0.1, 0.15) is 11.5 Å². The van der Waals surface area contributed by atoms with E-state index in [-0.39, 0.29) is 0 Å². The molecule has 0 atom stereocenters. The highest BCUT2D eigenvalue weighted by molar-refractivity contribution is 5.95. The molecule has 0 heterocycles. The van der Waals surface area contributed by atoms with Crippen molar-refractivity contribution in [2.45, 2.75) is 20.3 Å². The summed E-state index contributed by atoms with van der Waals surface area (Å²) in [5, 5.41) is 2.36. The maximum atomic E-state index is 6.36. The van der Waals surface area contributed by atoms with E-state index in [1.54, 1.807) is 0 Å². The Hall–Kier alpha value is -2.80. The Kier molecular flexibility index (Phi) is 3.70. The normalized spacial score (nSPS) is 14.2. The predicted molar refractivity (Wildman–Crippen MR) is 101 cm³/mol. The van der Waals surface area contributed by atoms with Gasteiger partial charge in [-0.05, 0) is 48.9 Å². The second-order valence-electron chi connectivity index (χ2n) is 6.27. The van der Waals surface area contributed by atoms with Gasteiger partial charge in [-0.2, -0.15) is 0 Å². The van der Waals surface area contributed by atoms with E-state index in [1.165, 1.54) is 27.7 Å². The second-order valence-corrected chi connectivity index (χ2v) is 6.27. The molecule has 0 fully saturated rings. The first-order valence-electron chi connectivity index (χ1n) is 8.36. The average Bonchev–Trinajstić information content (AvgIpc) is 2.95. The quantitative estimate of drug-likeness (QED) is 0.519. The summed E-state index contributed by atoms with van der Waals surface area (Å²) >= 11 is 0. The number of para-hydroxylation sites is 1. The lowest BCUT2D eigenvalue weighted by Gasteiger charge is -2.16. The van der Waals surface area contributed by atoms with Crippen molar-refractivity contribution < 1.29 is 4.74 Å². The van der Waals surface area contributed by atoms with Crippen LogP contribution in [0, 0.1) is 0 Å². The fraction of sp³-hybridized carbons (Fsp3) is 0.130. The van der Waals surface area contributed by atoms with Crippen molar-refractivity contribution >= 4 is 16.3 Å². The van der Waals surface area contributed by atoms with Crippen LogP contribution in [-0.4, -0.2) is 0 Å². The number of hydrogen-bond donors (Lipinski definition) is 0. The van der Waals surface area contributed by atoms with Gasteiger partial charge in [0.15, 0.2) is 0 Å². The van der Waals surface area contributed by atoms with Crippen LogP contribution in [0.4, 0.5) is 0 Å². The molecule has 3 aromatic carbocycles. The van der Waals surface area contributed by atoms with E-state index < -0.39 is 0 Å². The molecule has 4 rings (SSSR count). The van der Waals surface area contributed by atoms with Crippen LogP contribution in [0.3, 0.4) is 0 Å². The lowest BCUT2D eigenvalue weighted by Crippen LogP contribution is -1.94. The number of benzene rings is 3. The summed E-state index contributed by atoms with van der Waals surface area (Å²) in [5.74, 6) is 1.83.